The molecule has 0 N–H and O–H groups in total. The molecule has 0 saturated heterocycles. The number of fused-ring (bicyclic) bond motifs is 6. The third-order valence-electron chi connectivity index (χ3n) is 12.0. The zero-order chi connectivity index (χ0) is 41.0. The predicted octanol–water partition coefficient (Wildman–Crippen LogP) is 14.4. The van der Waals surface area contributed by atoms with Gasteiger partial charge in [-0.1, -0.05) is 164 Å². The second-order valence-electron chi connectivity index (χ2n) is 15.7. The molecule has 0 radical (unpaired) electrons. The zero-order valence-corrected chi connectivity index (χ0v) is 33.6. The number of para-hydroxylation sites is 3. The van der Waals surface area contributed by atoms with Crippen molar-refractivity contribution in [2.24, 2.45) is 0 Å². The van der Waals surface area contributed by atoms with Gasteiger partial charge in [0.1, 0.15) is 0 Å². The van der Waals surface area contributed by atoms with Gasteiger partial charge in [0.15, 0.2) is 17.5 Å². The molecule has 12 aromatic rings. The van der Waals surface area contributed by atoms with Crippen LogP contribution in [0.2, 0.25) is 0 Å². The van der Waals surface area contributed by atoms with Crippen LogP contribution in [0.4, 0.5) is 0 Å². The maximum Gasteiger partial charge on any atom is 0.164 e. The molecule has 0 saturated carbocycles. The Labute approximate surface area is 358 Å². The summed E-state index contributed by atoms with van der Waals surface area (Å²) < 4.78 is 4.68. The molecule has 0 aliphatic rings. The number of benzene rings is 9. The van der Waals surface area contributed by atoms with Crippen molar-refractivity contribution in [1.29, 1.82) is 0 Å². The predicted molar refractivity (Wildman–Crippen MR) is 256 cm³/mol. The van der Waals surface area contributed by atoms with Crippen molar-refractivity contribution in [2.45, 2.75) is 0 Å². The summed E-state index contributed by atoms with van der Waals surface area (Å²) in [7, 11) is 0. The SMILES string of the molecule is c1ccc(-c2cccc(-c3nc(-c4cccc(-n5c6ccccc6c6cc(-c7ccccc7)ccc65)c4)nc(-c4ccc5c6ccccc6n(-c6ccccc6)c5c4)n3)c2)cc1. The maximum atomic E-state index is 5.29. The quantitative estimate of drug-likeness (QED) is 0.162. The fraction of sp³-hybridized carbons (Fsp3) is 0. The Balaban J connectivity index is 1.05. The lowest BCUT2D eigenvalue weighted by atomic mass is 10.0. The number of aromatic nitrogens is 5. The van der Waals surface area contributed by atoms with Gasteiger partial charge < -0.3 is 9.13 Å². The summed E-state index contributed by atoms with van der Waals surface area (Å²) in [5.74, 6) is 1.83. The van der Waals surface area contributed by atoms with E-state index in [-0.39, 0.29) is 0 Å². The summed E-state index contributed by atoms with van der Waals surface area (Å²) in [5.41, 5.74) is 14.0. The first-order chi connectivity index (χ1) is 30.7. The second-order valence-corrected chi connectivity index (χ2v) is 15.7. The topological polar surface area (TPSA) is 48.5 Å². The van der Waals surface area contributed by atoms with Crippen LogP contribution in [0.3, 0.4) is 0 Å². The van der Waals surface area contributed by atoms with Gasteiger partial charge in [-0.25, -0.2) is 15.0 Å². The highest BCUT2D eigenvalue weighted by Gasteiger charge is 2.19. The lowest BCUT2D eigenvalue weighted by Gasteiger charge is -2.12. The van der Waals surface area contributed by atoms with E-state index in [9.17, 15) is 0 Å². The molecule has 290 valence electrons. The van der Waals surface area contributed by atoms with Crippen molar-refractivity contribution in [3.05, 3.63) is 224 Å². The van der Waals surface area contributed by atoms with Gasteiger partial charge in [-0.3, -0.25) is 0 Å². The summed E-state index contributed by atoms with van der Waals surface area (Å²) in [6.45, 7) is 0. The van der Waals surface area contributed by atoms with Gasteiger partial charge in [0.25, 0.3) is 0 Å². The van der Waals surface area contributed by atoms with Crippen molar-refractivity contribution >= 4 is 43.6 Å². The number of rotatable bonds is 7. The van der Waals surface area contributed by atoms with E-state index in [1.807, 2.05) is 6.07 Å². The highest BCUT2D eigenvalue weighted by Crippen LogP contribution is 2.38. The molecule has 0 bridgehead atoms. The van der Waals surface area contributed by atoms with Crippen LogP contribution in [0.15, 0.2) is 224 Å². The number of hydrogen-bond acceptors (Lipinski definition) is 3. The monoisotopic (exact) mass is 791 g/mol. The molecule has 0 spiro atoms. The molecule has 5 heteroatoms. The van der Waals surface area contributed by atoms with E-state index in [2.05, 4.69) is 228 Å². The number of hydrogen-bond donors (Lipinski definition) is 0. The Bertz CT molecular complexity index is 3620. The van der Waals surface area contributed by atoms with E-state index in [1.54, 1.807) is 0 Å². The standard InChI is InChI=1S/C57H37N5/c1-4-16-38(17-5-1)40-20-14-21-42(34-40)55-58-56(60-57(59-55)44-30-32-49-47-26-10-12-28-51(47)61(54(49)37-44)45-23-8-3-9-24-45)43-22-15-25-46(35-43)62-52-29-13-11-27-48(52)50-36-41(31-33-53(50)62)39-18-6-2-7-19-39/h1-37H. The molecule has 12 rings (SSSR count). The number of nitrogens with zero attached hydrogens (tertiary/aromatic N) is 5. The van der Waals surface area contributed by atoms with Gasteiger partial charge in [0, 0.05) is 49.6 Å². The van der Waals surface area contributed by atoms with Gasteiger partial charge in [-0.15, -0.1) is 0 Å². The first-order valence-electron chi connectivity index (χ1n) is 20.9. The molecule has 0 fully saturated rings. The molecular formula is C57H37N5. The molecule has 0 aliphatic heterocycles. The molecule has 0 aliphatic carbocycles. The van der Waals surface area contributed by atoms with Crippen LogP contribution in [-0.4, -0.2) is 24.1 Å². The van der Waals surface area contributed by atoms with E-state index in [4.69, 9.17) is 15.0 Å². The average molecular weight is 792 g/mol. The highest BCUT2D eigenvalue weighted by molar-refractivity contribution is 6.11. The summed E-state index contributed by atoms with van der Waals surface area (Å²) in [6, 6.07) is 79.2. The first kappa shape index (κ1) is 35.5. The molecule has 0 atom stereocenters. The van der Waals surface area contributed by atoms with Crippen LogP contribution in [0.25, 0.3) is 111 Å². The summed E-state index contributed by atoms with van der Waals surface area (Å²) >= 11 is 0. The average Bonchev–Trinajstić information content (AvgIpc) is 3.87. The Morgan fingerprint density at radius 2 is 0.645 bits per heavy atom. The third-order valence-corrected chi connectivity index (χ3v) is 12.0. The molecule has 5 nitrogen and oxygen atoms in total. The maximum absolute atomic E-state index is 5.29. The fourth-order valence-corrected chi connectivity index (χ4v) is 9.04. The zero-order valence-electron chi connectivity index (χ0n) is 33.6. The molecule has 3 heterocycles. The normalized spacial score (nSPS) is 11.5. The highest BCUT2D eigenvalue weighted by atomic mass is 15.0. The van der Waals surface area contributed by atoms with Crippen LogP contribution in [0.1, 0.15) is 0 Å². The van der Waals surface area contributed by atoms with Crippen molar-refractivity contribution in [3.8, 4) is 67.8 Å². The molecule has 0 amide bonds. The summed E-state index contributed by atoms with van der Waals surface area (Å²) in [6.07, 6.45) is 0. The van der Waals surface area contributed by atoms with Gasteiger partial charge in [-0.05, 0) is 82.9 Å². The van der Waals surface area contributed by atoms with Crippen molar-refractivity contribution in [2.75, 3.05) is 0 Å². The molecule has 0 unspecified atom stereocenters. The van der Waals surface area contributed by atoms with Crippen LogP contribution in [0.5, 0.6) is 0 Å². The third kappa shape index (κ3) is 6.06. The van der Waals surface area contributed by atoms with Crippen molar-refractivity contribution < 1.29 is 0 Å². The van der Waals surface area contributed by atoms with Gasteiger partial charge in [0.2, 0.25) is 0 Å². The minimum atomic E-state index is 0.604. The van der Waals surface area contributed by atoms with Crippen molar-refractivity contribution in [3.63, 3.8) is 0 Å². The van der Waals surface area contributed by atoms with E-state index < -0.39 is 0 Å². The first-order valence-corrected chi connectivity index (χ1v) is 20.9. The Morgan fingerprint density at radius 1 is 0.226 bits per heavy atom. The molecular weight excluding hydrogens is 755 g/mol. The van der Waals surface area contributed by atoms with Crippen molar-refractivity contribution in [1.82, 2.24) is 24.1 Å². The minimum absolute atomic E-state index is 0.604. The van der Waals surface area contributed by atoms with Crippen LogP contribution in [0, 0.1) is 0 Å². The molecule has 3 aromatic heterocycles. The van der Waals surface area contributed by atoms with Crippen LogP contribution < -0.4 is 0 Å². The van der Waals surface area contributed by atoms with E-state index >= 15 is 0 Å². The Morgan fingerprint density at radius 3 is 1.31 bits per heavy atom. The Kier molecular flexibility index (Phi) is 8.42. The van der Waals surface area contributed by atoms with Crippen LogP contribution >= 0.6 is 0 Å². The van der Waals surface area contributed by atoms with E-state index in [0.717, 1.165) is 61.3 Å². The Hall–Kier alpha value is -8.41. The smallest absolute Gasteiger partial charge is 0.164 e. The fourth-order valence-electron chi connectivity index (χ4n) is 9.04. The lowest BCUT2D eigenvalue weighted by molar-refractivity contribution is 1.07. The van der Waals surface area contributed by atoms with E-state index in [1.165, 1.54) is 32.7 Å². The lowest BCUT2D eigenvalue weighted by Crippen LogP contribution is -2.01. The second kappa shape index (κ2) is 14.7. The van der Waals surface area contributed by atoms with Crippen LogP contribution in [-0.2, 0) is 0 Å². The van der Waals surface area contributed by atoms with Gasteiger partial charge >= 0.3 is 0 Å². The summed E-state index contributed by atoms with van der Waals surface area (Å²) in [4.78, 5) is 15.8. The summed E-state index contributed by atoms with van der Waals surface area (Å²) in [5, 5.41) is 4.79. The largest absolute Gasteiger partial charge is 0.309 e. The van der Waals surface area contributed by atoms with Gasteiger partial charge in [-0.2, -0.15) is 0 Å². The van der Waals surface area contributed by atoms with E-state index in [0.29, 0.717) is 17.5 Å². The minimum Gasteiger partial charge on any atom is -0.309 e. The molecule has 9 aromatic carbocycles. The van der Waals surface area contributed by atoms with Gasteiger partial charge in [0.05, 0.1) is 22.1 Å². The molecule has 62 heavy (non-hydrogen) atoms.